The lowest BCUT2D eigenvalue weighted by atomic mass is 9.68. The van der Waals surface area contributed by atoms with Gasteiger partial charge in [-0.1, -0.05) is 72.6 Å². The van der Waals surface area contributed by atoms with Gasteiger partial charge in [-0.05, 0) is 18.8 Å². The fourth-order valence-corrected chi connectivity index (χ4v) is 3.89. The van der Waals surface area contributed by atoms with Crippen molar-refractivity contribution in [3.05, 3.63) is 0 Å². The number of unbranched alkanes of at least 4 members (excludes halogenated alkanes) is 5. The van der Waals surface area contributed by atoms with Gasteiger partial charge in [0.25, 0.3) is 5.97 Å². The Hall–Kier alpha value is -0.120. The maximum Gasteiger partial charge on any atom is 0.288 e. The SMILES string of the molecule is CCCCCCCCC(CCC)(C(C)C)C(OC)(OC)OC. The molecule has 0 bridgehead atoms. The van der Waals surface area contributed by atoms with Crippen LogP contribution in [0.5, 0.6) is 0 Å². The Bertz CT molecular complexity index is 253. The summed E-state index contributed by atoms with van der Waals surface area (Å²) < 4.78 is 17.3. The molecule has 0 aromatic carbocycles. The van der Waals surface area contributed by atoms with Gasteiger partial charge in [-0.25, -0.2) is 0 Å². The van der Waals surface area contributed by atoms with E-state index in [1.165, 1.54) is 38.5 Å². The summed E-state index contributed by atoms with van der Waals surface area (Å²) in [5.74, 6) is -0.511. The van der Waals surface area contributed by atoms with E-state index in [0.717, 1.165) is 19.3 Å². The predicted octanol–water partition coefficient (Wildman–Crippen LogP) is 5.77. The van der Waals surface area contributed by atoms with Crippen molar-refractivity contribution in [2.45, 2.75) is 91.5 Å². The first-order valence-electron chi connectivity index (χ1n) is 9.15. The van der Waals surface area contributed by atoms with Crippen LogP contribution in [-0.4, -0.2) is 27.3 Å². The fourth-order valence-electron chi connectivity index (χ4n) is 3.89. The molecule has 22 heavy (non-hydrogen) atoms. The Kier molecular flexibility index (Phi) is 11.4. The molecule has 0 saturated heterocycles. The van der Waals surface area contributed by atoms with Gasteiger partial charge in [-0.15, -0.1) is 0 Å². The minimum Gasteiger partial charge on any atom is -0.330 e. The smallest absolute Gasteiger partial charge is 0.288 e. The Balaban J connectivity index is 5.00. The lowest BCUT2D eigenvalue weighted by Crippen LogP contribution is -2.55. The maximum atomic E-state index is 5.77. The Morgan fingerprint density at radius 1 is 0.682 bits per heavy atom. The van der Waals surface area contributed by atoms with Crippen LogP contribution in [0, 0.1) is 11.3 Å². The van der Waals surface area contributed by atoms with E-state index in [4.69, 9.17) is 14.2 Å². The molecular formula is C19H40O3. The van der Waals surface area contributed by atoms with Crippen molar-refractivity contribution in [2.24, 2.45) is 11.3 Å². The molecule has 134 valence electrons. The number of ether oxygens (including phenoxy) is 3. The summed E-state index contributed by atoms with van der Waals surface area (Å²) in [6.45, 7) is 9.01. The van der Waals surface area contributed by atoms with Gasteiger partial charge in [0.1, 0.15) is 0 Å². The molecule has 1 unspecified atom stereocenters. The average molecular weight is 317 g/mol. The van der Waals surface area contributed by atoms with Crippen molar-refractivity contribution in [1.82, 2.24) is 0 Å². The Morgan fingerprint density at radius 3 is 1.59 bits per heavy atom. The van der Waals surface area contributed by atoms with E-state index in [1.807, 2.05) is 0 Å². The maximum absolute atomic E-state index is 5.77. The van der Waals surface area contributed by atoms with Crippen LogP contribution in [-0.2, 0) is 14.2 Å². The second-order valence-corrected chi connectivity index (χ2v) is 6.75. The van der Waals surface area contributed by atoms with Crippen LogP contribution >= 0.6 is 0 Å². The molecule has 0 radical (unpaired) electrons. The van der Waals surface area contributed by atoms with Gasteiger partial charge in [0.15, 0.2) is 0 Å². The van der Waals surface area contributed by atoms with Gasteiger partial charge in [0.2, 0.25) is 0 Å². The van der Waals surface area contributed by atoms with Crippen LogP contribution in [0.25, 0.3) is 0 Å². The fraction of sp³-hybridized carbons (Fsp3) is 1.00. The third kappa shape index (κ3) is 5.21. The molecule has 0 N–H and O–H groups in total. The van der Waals surface area contributed by atoms with E-state index in [0.29, 0.717) is 5.92 Å². The van der Waals surface area contributed by atoms with E-state index in [-0.39, 0.29) is 5.41 Å². The third-order valence-electron chi connectivity index (χ3n) is 5.19. The summed E-state index contributed by atoms with van der Waals surface area (Å²) in [7, 11) is 5.09. The molecule has 0 aliphatic carbocycles. The highest BCUT2D eigenvalue weighted by Crippen LogP contribution is 2.49. The van der Waals surface area contributed by atoms with E-state index < -0.39 is 5.97 Å². The second-order valence-electron chi connectivity index (χ2n) is 6.75. The van der Waals surface area contributed by atoms with Crippen molar-refractivity contribution >= 4 is 0 Å². The first-order chi connectivity index (χ1) is 10.5. The normalized spacial score (nSPS) is 15.3. The van der Waals surface area contributed by atoms with Crippen LogP contribution in [0.4, 0.5) is 0 Å². The molecule has 0 rings (SSSR count). The molecule has 0 spiro atoms. The van der Waals surface area contributed by atoms with Crippen molar-refractivity contribution in [1.29, 1.82) is 0 Å². The summed E-state index contributed by atoms with van der Waals surface area (Å²) in [6, 6.07) is 0. The summed E-state index contributed by atoms with van der Waals surface area (Å²) in [5.41, 5.74) is -0.106. The van der Waals surface area contributed by atoms with Crippen molar-refractivity contribution in [2.75, 3.05) is 21.3 Å². The third-order valence-corrected chi connectivity index (χ3v) is 5.19. The zero-order chi connectivity index (χ0) is 17.1. The lowest BCUT2D eigenvalue weighted by molar-refractivity contribution is -0.417. The topological polar surface area (TPSA) is 27.7 Å². The molecule has 1 atom stereocenters. The van der Waals surface area contributed by atoms with Crippen molar-refractivity contribution < 1.29 is 14.2 Å². The van der Waals surface area contributed by atoms with Gasteiger partial charge in [-0.3, -0.25) is 0 Å². The highest BCUT2D eigenvalue weighted by Gasteiger charge is 2.54. The van der Waals surface area contributed by atoms with Crippen LogP contribution in [0.3, 0.4) is 0 Å². The minimum absolute atomic E-state index is 0.106. The Labute approximate surface area is 139 Å². The van der Waals surface area contributed by atoms with Gasteiger partial charge in [0.05, 0.1) is 5.41 Å². The van der Waals surface area contributed by atoms with Crippen LogP contribution in [0.2, 0.25) is 0 Å². The zero-order valence-corrected chi connectivity index (χ0v) is 16.2. The van der Waals surface area contributed by atoms with Gasteiger partial charge in [0, 0.05) is 21.3 Å². The molecule has 0 aliphatic rings. The molecule has 0 aliphatic heterocycles. The number of hydrogen-bond donors (Lipinski definition) is 0. The highest BCUT2D eigenvalue weighted by molar-refractivity contribution is 4.91. The van der Waals surface area contributed by atoms with E-state index in [1.54, 1.807) is 21.3 Å². The molecule has 3 nitrogen and oxygen atoms in total. The van der Waals surface area contributed by atoms with Crippen LogP contribution < -0.4 is 0 Å². The molecule has 0 aromatic heterocycles. The molecule has 0 saturated carbocycles. The molecule has 3 heteroatoms. The van der Waals surface area contributed by atoms with E-state index in [2.05, 4.69) is 27.7 Å². The van der Waals surface area contributed by atoms with Crippen molar-refractivity contribution in [3.63, 3.8) is 0 Å². The Morgan fingerprint density at radius 2 is 1.18 bits per heavy atom. The monoisotopic (exact) mass is 316 g/mol. The second kappa shape index (κ2) is 11.4. The summed E-state index contributed by atoms with van der Waals surface area (Å²) in [6.07, 6.45) is 11.1. The average Bonchev–Trinajstić information content (AvgIpc) is 2.52. The molecule has 0 aromatic rings. The zero-order valence-electron chi connectivity index (χ0n) is 16.2. The van der Waals surface area contributed by atoms with Gasteiger partial charge >= 0.3 is 0 Å². The predicted molar refractivity (Wildman–Crippen MR) is 93.9 cm³/mol. The summed E-state index contributed by atoms with van der Waals surface area (Å²) in [4.78, 5) is 0. The minimum atomic E-state index is -0.944. The molecular weight excluding hydrogens is 276 g/mol. The van der Waals surface area contributed by atoms with E-state index in [9.17, 15) is 0 Å². The molecule has 0 amide bonds. The summed E-state index contributed by atoms with van der Waals surface area (Å²) in [5, 5.41) is 0. The largest absolute Gasteiger partial charge is 0.330 e. The first kappa shape index (κ1) is 21.9. The standard InChI is InChI=1S/C19H40O3/c1-8-10-11-12-13-14-16-18(15-9-2,17(3)4)19(20-5,21-6)22-7/h17H,8-16H2,1-7H3. The highest BCUT2D eigenvalue weighted by atomic mass is 16.9. The van der Waals surface area contributed by atoms with Crippen LogP contribution in [0.15, 0.2) is 0 Å². The quantitative estimate of drug-likeness (QED) is 0.300. The van der Waals surface area contributed by atoms with E-state index >= 15 is 0 Å². The lowest BCUT2D eigenvalue weighted by Gasteiger charge is -2.49. The number of hydrogen-bond acceptors (Lipinski definition) is 3. The molecule has 0 heterocycles. The molecule has 0 fully saturated rings. The van der Waals surface area contributed by atoms with Crippen LogP contribution in [0.1, 0.15) is 85.5 Å². The number of rotatable bonds is 14. The van der Waals surface area contributed by atoms with Gasteiger partial charge in [-0.2, -0.15) is 0 Å². The summed E-state index contributed by atoms with van der Waals surface area (Å²) >= 11 is 0. The number of methoxy groups -OCH3 is 3. The first-order valence-corrected chi connectivity index (χ1v) is 9.15. The van der Waals surface area contributed by atoms with Crippen molar-refractivity contribution in [3.8, 4) is 0 Å². The van der Waals surface area contributed by atoms with Gasteiger partial charge < -0.3 is 14.2 Å².